The minimum atomic E-state index is 0.551. The molecule has 0 radical (unpaired) electrons. The summed E-state index contributed by atoms with van der Waals surface area (Å²) in [5.41, 5.74) is 4.88. The van der Waals surface area contributed by atoms with Crippen molar-refractivity contribution in [1.82, 2.24) is 0 Å². The highest BCUT2D eigenvalue weighted by molar-refractivity contribution is 8.03. The Morgan fingerprint density at radius 2 is 1.69 bits per heavy atom. The summed E-state index contributed by atoms with van der Waals surface area (Å²) in [5, 5.41) is 0. The number of benzene rings is 3. The molecule has 1 atom stereocenters. The Morgan fingerprint density at radius 3 is 2.52 bits per heavy atom. The summed E-state index contributed by atoms with van der Waals surface area (Å²) in [4.78, 5) is 5.04. The second kappa shape index (κ2) is 7.84. The van der Waals surface area contributed by atoms with Gasteiger partial charge in [-0.3, -0.25) is 0 Å². The zero-order valence-corrected chi connectivity index (χ0v) is 17.2. The molecule has 0 N–H and O–H groups in total. The first-order chi connectivity index (χ1) is 14.3. The molecule has 0 saturated heterocycles. The summed E-state index contributed by atoms with van der Waals surface area (Å²) in [7, 11) is 0. The van der Waals surface area contributed by atoms with Gasteiger partial charge in [0.1, 0.15) is 12.4 Å². The maximum absolute atomic E-state index is 5.98. The van der Waals surface area contributed by atoms with E-state index in [4.69, 9.17) is 4.74 Å². The van der Waals surface area contributed by atoms with Gasteiger partial charge in [0.15, 0.2) is 0 Å². The van der Waals surface area contributed by atoms with E-state index in [1.54, 1.807) is 0 Å². The van der Waals surface area contributed by atoms with Crippen molar-refractivity contribution in [2.75, 3.05) is 4.90 Å². The number of anilines is 2. The third kappa shape index (κ3) is 3.70. The lowest BCUT2D eigenvalue weighted by Gasteiger charge is -2.37. The van der Waals surface area contributed by atoms with Crippen LogP contribution in [0.5, 0.6) is 5.75 Å². The molecule has 2 nitrogen and oxygen atoms in total. The first kappa shape index (κ1) is 18.1. The van der Waals surface area contributed by atoms with E-state index in [2.05, 4.69) is 84.6 Å². The lowest BCUT2D eigenvalue weighted by atomic mass is 9.99. The smallest absolute Gasteiger partial charge is 0.119 e. The normalized spacial score (nSPS) is 17.7. The number of nitrogens with zero attached hydrogens (tertiary/aromatic N) is 1. The fraction of sp³-hybridized carbons (Fsp3) is 0.154. The number of hydrogen-bond donors (Lipinski definition) is 0. The molecule has 2 aliphatic rings. The van der Waals surface area contributed by atoms with E-state index < -0.39 is 0 Å². The summed E-state index contributed by atoms with van der Waals surface area (Å²) in [6.45, 7) is 2.86. The second-order valence-electron chi connectivity index (χ2n) is 7.51. The molecule has 3 aromatic carbocycles. The third-order valence-electron chi connectivity index (χ3n) is 5.28. The average Bonchev–Trinajstić information content (AvgIpc) is 2.77. The Labute approximate surface area is 176 Å². The molecule has 5 rings (SSSR count). The summed E-state index contributed by atoms with van der Waals surface area (Å²) >= 11 is 1.88. The van der Waals surface area contributed by atoms with Gasteiger partial charge in [0.05, 0.1) is 11.4 Å². The van der Waals surface area contributed by atoms with Crippen LogP contribution in [0.1, 0.15) is 18.9 Å². The van der Waals surface area contributed by atoms with E-state index in [1.807, 2.05) is 30.0 Å². The Balaban J connectivity index is 1.45. The highest BCUT2D eigenvalue weighted by atomic mass is 32.2. The van der Waals surface area contributed by atoms with Crippen molar-refractivity contribution in [2.24, 2.45) is 5.92 Å². The zero-order chi connectivity index (χ0) is 19.6. The first-order valence-corrected chi connectivity index (χ1v) is 10.9. The molecule has 1 heterocycles. The lowest BCUT2D eigenvalue weighted by Crippen LogP contribution is -2.23. The monoisotopic (exact) mass is 397 g/mol. The number of allylic oxidation sites excluding steroid dienone is 2. The molecule has 0 spiro atoms. The van der Waals surface area contributed by atoms with Gasteiger partial charge in [-0.15, -0.1) is 0 Å². The molecule has 1 unspecified atom stereocenters. The summed E-state index contributed by atoms with van der Waals surface area (Å²) in [6, 6.07) is 27.4. The molecule has 0 aromatic heterocycles. The van der Waals surface area contributed by atoms with Crippen LogP contribution in [0.25, 0.3) is 0 Å². The number of thioether (sulfide) groups is 1. The van der Waals surface area contributed by atoms with E-state index in [0.717, 1.165) is 17.9 Å². The number of hydrogen-bond acceptors (Lipinski definition) is 3. The molecular weight excluding hydrogens is 374 g/mol. The lowest BCUT2D eigenvalue weighted by molar-refractivity contribution is 0.306. The Kier molecular flexibility index (Phi) is 4.91. The largest absolute Gasteiger partial charge is 0.489 e. The van der Waals surface area contributed by atoms with E-state index in [9.17, 15) is 0 Å². The van der Waals surface area contributed by atoms with E-state index in [0.29, 0.717) is 12.5 Å². The molecule has 144 valence electrons. The van der Waals surface area contributed by atoms with Crippen LogP contribution in [0.15, 0.2) is 107 Å². The fourth-order valence-electron chi connectivity index (χ4n) is 3.78. The van der Waals surface area contributed by atoms with Crippen LogP contribution in [0.3, 0.4) is 0 Å². The minimum absolute atomic E-state index is 0.551. The standard InChI is InChI=1S/C26H23NOS/c1-19-11-16-26-24(17-19)27(23-9-5-6-10-25(23)29-26)21-12-14-22(15-13-21)28-18-20-7-3-2-4-8-20/h2-10,12-17,19H,11,18H2,1H3. The van der Waals surface area contributed by atoms with Crippen molar-refractivity contribution < 1.29 is 4.74 Å². The maximum Gasteiger partial charge on any atom is 0.119 e. The van der Waals surface area contributed by atoms with Crippen LogP contribution in [-0.2, 0) is 6.61 Å². The highest BCUT2D eigenvalue weighted by Crippen LogP contribution is 2.51. The van der Waals surface area contributed by atoms with Crippen molar-refractivity contribution in [3.05, 3.63) is 107 Å². The van der Waals surface area contributed by atoms with Crippen molar-refractivity contribution in [3.63, 3.8) is 0 Å². The molecule has 0 fully saturated rings. The van der Waals surface area contributed by atoms with Crippen LogP contribution >= 0.6 is 11.8 Å². The van der Waals surface area contributed by atoms with E-state index in [1.165, 1.54) is 26.7 Å². The van der Waals surface area contributed by atoms with Crippen molar-refractivity contribution in [1.29, 1.82) is 0 Å². The van der Waals surface area contributed by atoms with Gasteiger partial charge in [-0.2, -0.15) is 0 Å². The van der Waals surface area contributed by atoms with Crippen molar-refractivity contribution >= 4 is 23.1 Å². The van der Waals surface area contributed by atoms with Gasteiger partial charge in [0, 0.05) is 15.5 Å². The number of para-hydroxylation sites is 1. The molecule has 3 aromatic rings. The van der Waals surface area contributed by atoms with Crippen LogP contribution in [-0.4, -0.2) is 0 Å². The summed E-state index contributed by atoms with van der Waals surface area (Å²) in [6.07, 6.45) is 5.89. The summed E-state index contributed by atoms with van der Waals surface area (Å²) in [5.74, 6) is 1.44. The van der Waals surface area contributed by atoms with Crippen molar-refractivity contribution in [3.8, 4) is 5.75 Å². The molecule has 0 saturated carbocycles. The molecule has 3 heteroatoms. The molecule has 1 aliphatic carbocycles. The van der Waals surface area contributed by atoms with Crippen molar-refractivity contribution in [2.45, 2.75) is 24.8 Å². The zero-order valence-electron chi connectivity index (χ0n) is 16.4. The van der Waals surface area contributed by atoms with Crippen LogP contribution < -0.4 is 9.64 Å². The predicted octanol–water partition coefficient (Wildman–Crippen LogP) is 7.32. The fourth-order valence-corrected chi connectivity index (χ4v) is 4.87. The average molecular weight is 398 g/mol. The number of ether oxygens (including phenoxy) is 1. The van der Waals surface area contributed by atoms with Crippen LogP contribution in [0.2, 0.25) is 0 Å². The maximum atomic E-state index is 5.98. The van der Waals surface area contributed by atoms with E-state index in [-0.39, 0.29) is 0 Å². The van der Waals surface area contributed by atoms with Gasteiger partial charge in [0.2, 0.25) is 0 Å². The van der Waals surface area contributed by atoms with Gasteiger partial charge < -0.3 is 9.64 Å². The van der Waals surface area contributed by atoms with Crippen LogP contribution in [0, 0.1) is 5.92 Å². The Bertz CT molecular complexity index is 1070. The highest BCUT2D eigenvalue weighted by Gasteiger charge is 2.29. The predicted molar refractivity (Wildman–Crippen MR) is 122 cm³/mol. The van der Waals surface area contributed by atoms with Gasteiger partial charge in [-0.25, -0.2) is 0 Å². The SMILES string of the molecule is CC1C=C2C(=CC1)Sc1ccccc1N2c1ccc(OCc2ccccc2)cc1. The van der Waals surface area contributed by atoms with Gasteiger partial charge in [-0.1, -0.05) is 73.3 Å². The number of fused-ring (bicyclic) bond motifs is 2. The Hall–Kier alpha value is -2.91. The molecule has 1 aliphatic heterocycles. The molecule has 0 amide bonds. The van der Waals surface area contributed by atoms with Crippen LogP contribution in [0.4, 0.5) is 11.4 Å². The van der Waals surface area contributed by atoms with Gasteiger partial charge in [0.25, 0.3) is 0 Å². The third-order valence-corrected chi connectivity index (χ3v) is 6.44. The summed E-state index contributed by atoms with van der Waals surface area (Å²) < 4.78 is 5.98. The quantitative estimate of drug-likeness (QED) is 0.458. The number of rotatable bonds is 4. The van der Waals surface area contributed by atoms with E-state index >= 15 is 0 Å². The second-order valence-corrected chi connectivity index (χ2v) is 8.59. The molecule has 0 bridgehead atoms. The topological polar surface area (TPSA) is 12.5 Å². The minimum Gasteiger partial charge on any atom is -0.489 e. The Morgan fingerprint density at radius 1 is 0.931 bits per heavy atom. The first-order valence-electron chi connectivity index (χ1n) is 10.0. The van der Waals surface area contributed by atoms with Gasteiger partial charge >= 0.3 is 0 Å². The molecular formula is C26H23NOS. The van der Waals surface area contributed by atoms with Gasteiger partial charge in [-0.05, 0) is 54.3 Å². The molecule has 29 heavy (non-hydrogen) atoms.